The van der Waals surface area contributed by atoms with E-state index in [2.05, 4.69) is 21.6 Å². The fraction of sp³-hybridized carbons (Fsp3) is 0.250. The number of nitrogens with one attached hydrogen (secondary N) is 1. The highest BCUT2D eigenvalue weighted by atomic mass is 16.1. The number of rotatable bonds is 5. The first-order valence-electron chi connectivity index (χ1n) is 7.06. The number of nitrogens with zero attached hydrogens (tertiary/aromatic N) is 3. The SMILES string of the molecule is N#Cc1ccc(NC2CC2)c(Cc2cc(C(N)=O)cnn2)c1. The van der Waals surface area contributed by atoms with Gasteiger partial charge in [-0.1, -0.05) is 0 Å². The number of hydrogen-bond donors (Lipinski definition) is 2. The van der Waals surface area contributed by atoms with Gasteiger partial charge in [0.05, 0.1) is 29.1 Å². The Hall–Kier alpha value is -2.94. The predicted octanol–water partition coefficient (Wildman–Crippen LogP) is 1.61. The summed E-state index contributed by atoms with van der Waals surface area (Å²) in [5.74, 6) is -0.529. The Morgan fingerprint density at radius 3 is 2.91 bits per heavy atom. The van der Waals surface area contributed by atoms with Crippen molar-refractivity contribution >= 4 is 11.6 Å². The highest BCUT2D eigenvalue weighted by molar-refractivity contribution is 5.92. The van der Waals surface area contributed by atoms with Crippen molar-refractivity contribution in [2.24, 2.45) is 5.73 Å². The van der Waals surface area contributed by atoms with Crippen molar-refractivity contribution in [3.8, 4) is 6.07 Å². The van der Waals surface area contributed by atoms with Gasteiger partial charge in [0.25, 0.3) is 0 Å². The highest BCUT2D eigenvalue weighted by Gasteiger charge is 2.22. The monoisotopic (exact) mass is 293 g/mol. The predicted molar refractivity (Wildman–Crippen MR) is 81.2 cm³/mol. The molecular formula is C16H15N5O. The van der Waals surface area contributed by atoms with Crippen LogP contribution in [0.4, 0.5) is 5.69 Å². The first-order chi connectivity index (χ1) is 10.7. The van der Waals surface area contributed by atoms with Crippen molar-refractivity contribution in [2.75, 3.05) is 5.32 Å². The van der Waals surface area contributed by atoms with E-state index in [4.69, 9.17) is 11.0 Å². The van der Waals surface area contributed by atoms with Gasteiger partial charge in [-0.3, -0.25) is 4.79 Å². The van der Waals surface area contributed by atoms with Crippen LogP contribution in [0.15, 0.2) is 30.5 Å². The number of aromatic nitrogens is 2. The number of amides is 1. The average Bonchev–Trinajstić information content (AvgIpc) is 3.33. The lowest BCUT2D eigenvalue weighted by atomic mass is 10.0. The van der Waals surface area contributed by atoms with Gasteiger partial charge in [-0.05, 0) is 42.7 Å². The molecule has 1 aliphatic rings. The summed E-state index contributed by atoms with van der Waals surface area (Å²) in [5, 5.41) is 20.4. The highest BCUT2D eigenvalue weighted by Crippen LogP contribution is 2.28. The normalized spacial score (nSPS) is 13.4. The van der Waals surface area contributed by atoms with Gasteiger partial charge in [0.2, 0.25) is 5.91 Å². The Bertz CT molecular complexity index is 761. The maximum atomic E-state index is 11.2. The Kier molecular flexibility index (Phi) is 3.71. The smallest absolute Gasteiger partial charge is 0.250 e. The van der Waals surface area contributed by atoms with E-state index in [1.54, 1.807) is 12.1 Å². The molecule has 0 spiro atoms. The van der Waals surface area contributed by atoms with Crippen LogP contribution in [0.3, 0.4) is 0 Å². The lowest BCUT2D eigenvalue weighted by molar-refractivity contribution is 0.0999. The Labute approximate surface area is 128 Å². The quantitative estimate of drug-likeness (QED) is 0.871. The van der Waals surface area contributed by atoms with Crippen LogP contribution >= 0.6 is 0 Å². The van der Waals surface area contributed by atoms with E-state index >= 15 is 0 Å². The second-order valence-corrected chi connectivity index (χ2v) is 5.38. The maximum absolute atomic E-state index is 11.2. The molecule has 0 bridgehead atoms. The molecule has 1 heterocycles. The van der Waals surface area contributed by atoms with E-state index in [1.807, 2.05) is 12.1 Å². The van der Waals surface area contributed by atoms with Crippen molar-refractivity contribution in [1.82, 2.24) is 10.2 Å². The fourth-order valence-corrected chi connectivity index (χ4v) is 2.23. The van der Waals surface area contributed by atoms with Crippen LogP contribution in [-0.2, 0) is 6.42 Å². The molecule has 1 aromatic heterocycles. The van der Waals surface area contributed by atoms with Crippen molar-refractivity contribution in [2.45, 2.75) is 25.3 Å². The molecule has 3 N–H and O–H groups in total. The number of carbonyl (C=O) groups excluding carboxylic acids is 1. The Morgan fingerprint density at radius 1 is 1.41 bits per heavy atom. The molecular weight excluding hydrogens is 278 g/mol. The standard InChI is InChI=1S/C16H15N5O/c17-8-10-1-4-15(20-13-2-3-13)11(5-10)6-14-7-12(16(18)22)9-19-21-14/h1,4-5,7,9,13,20H,2-3,6H2,(H2,18,22). The Morgan fingerprint density at radius 2 is 2.23 bits per heavy atom. The molecule has 6 nitrogen and oxygen atoms in total. The van der Waals surface area contributed by atoms with Gasteiger partial charge >= 0.3 is 0 Å². The van der Waals surface area contributed by atoms with Crippen molar-refractivity contribution < 1.29 is 4.79 Å². The lowest BCUT2D eigenvalue weighted by Gasteiger charge is -2.11. The van der Waals surface area contributed by atoms with Crippen LogP contribution in [0, 0.1) is 11.3 Å². The zero-order valence-electron chi connectivity index (χ0n) is 11.9. The minimum absolute atomic E-state index is 0.332. The lowest BCUT2D eigenvalue weighted by Crippen LogP contribution is -2.13. The number of nitrogens with two attached hydrogens (primary N) is 1. The summed E-state index contributed by atoms with van der Waals surface area (Å²) in [6.45, 7) is 0. The first-order valence-corrected chi connectivity index (χ1v) is 7.06. The third-order valence-corrected chi connectivity index (χ3v) is 3.53. The van der Waals surface area contributed by atoms with E-state index in [9.17, 15) is 4.79 Å². The zero-order valence-corrected chi connectivity index (χ0v) is 11.9. The van der Waals surface area contributed by atoms with E-state index in [-0.39, 0.29) is 0 Å². The van der Waals surface area contributed by atoms with Crippen LogP contribution in [0.25, 0.3) is 0 Å². The molecule has 3 rings (SSSR count). The van der Waals surface area contributed by atoms with E-state index in [0.29, 0.717) is 29.3 Å². The van der Waals surface area contributed by atoms with Gasteiger partial charge in [-0.2, -0.15) is 15.5 Å². The molecule has 0 atom stereocenters. The van der Waals surface area contributed by atoms with Gasteiger partial charge in [0.1, 0.15) is 0 Å². The van der Waals surface area contributed by atoms with Crippen LogP contribution in [0.2, 0.25) is 0 Å². The number of hydrogen-bond acceptors (Lipinski definition) is 5. The van der Waals surface area contributed by atoms with Crippen molar-refractivity contribution in [3.05, 3.63) is 52.8 Å². The summed E-state index contributed by atoms with van der Waals surface area (Å²) in [7, 11) is 0. The first kappa shape index (κ1) is 14.0. The summed E-state index contributed by atoms with van der Waals surface area (Å²) in [6.07, 6.45) is 4.16. The summed E-state index contributed by atoms with van der Waals surface area (Å²) in [5.41, 5.74) is 8.79. The van der Waals surface area contributed by atoms with Crippen LogP contribution in [0.1, 0.15) is 40.0 Å². The summed E-state index contributed by atoms with van der Waals surface area (Å²) in [4.78, 5) is 11.2. The van der Waals surface area contributed by atoms with Crippen LogP contribution in [0.5, 0.6) is 0 Å². The number of nitriles is 1. The number of carbonyl (C=O) groups is 1. The second-order valence-electron chi connectivity index (χ2n) is 5.38. The topological polar surface area (TPSA) is 105 Å². The fourth-order valence-electron chi connectivity index (χ4n) is 2.23. The Balaban J connectivity index is 1.90. The molecule has 1 aromatic carbocycles. The summed E-state index contributed by atoms with van der Waals surface area (Å²) >= 11 is 0. The number of benzene rings is 1. The average molecular weight is 293 g/mol. The van der Waals surface area contributed by atoms with Crippen molar-refractivity contribution in [3.63, 3.8) is 0 Å². The van der Waals surface area contributed by atoms with Crippen molar-refractivity contribution in [1.29, 1.82) is 5.26 Å². The van der Waals surface area contributed by atoms with Gasteiger partial charge in [-0.25, -0.2) is 0 Å². The van der Waals surface area contributed by atoms with Crippen LogP contribution in [-0.4, -0.2) is 22.1 Å². The molecule has 22 heavy (non-hydrogen) atoms. The van der Waals surface area contributed by atoms with Gasteiger partial charge < -0.3 is 11.1 Å². The molecule has 0 unspecified atom stereocenters. The van der Waals surface area contributed by atoms with E-state index in [0.717, 1.165) is 24.1 Å². The molecule has 0 radical (unpaired) electrons. The van der Waals surface area contributed by atoms with E-state index in [1.165, 1.54) is 6.20 Å². The molecule has 6 heteroatoms. The second kappa shape index (κ2) is 5.82. The molecule has 1 aliphatic carbocycles. The molecule has 110 valence electrons. The number of primary amides is 1. The zero-order chi connectivity index (χ0) is 15.5. The number of anilines is 1. The summed E-state index contributed by atoms with van der Waals surface area (Å²) < 4.78 is 0. The molecule has 0 aliphatic heterocycles. The summed E-state index contributed by atoms with van der Waals surface area (Å²) in [6, 6.07) is 9.83. The third kappa shape index (κ3) is 3.20. The molecule has 1 amide bonds. The van der Waals surface area contributed by atoms with E-state index < -0.39 is 5.91 Å². The van der Waals surface area contributed by atoms with Gasteiger partial charge in [0, 0.05) is 18.2 Å². The molecule has 1 saturated carbocycles. The van der Waals surface area contributed by atoms with Gasteiger partial charge in [-0.15, -0.1) is 0 Å². The third-order valence-electron chi connectivity index (χ3n) is 3.53. The maximum Gasteiger partial charge on any atom is 0.250 e. The van der Waals surface area contributed by atoms with Gasteiger partial charge in [0.15, 0.2) is 0 Å². The minimum Gasteiger partial charge on any atom is -0.382 e. The van der Waals surface area contributed by atoms with Crippen LogP contribution < -0.4 is 11.1 Å². The molecule has 1 fully saturated rings. The largest absolute Gasteiger partial charge is 0.382 e. The molecule has 0 saturated heterocycles. The molecule has 2 aromatic rings. The minimum atomic E-state index is -0.529.